The van der Waals surface area contributed by atoms with Gasteiger partial charge in [0.1, 0.15) is 0 Å². The van der Waals surface area contributed by atoms with Crippen LogP contribution in [0, 0.1) is 6.92 Å². The van der Waals surface area contributed by atoms with Crippen LogP contribution in [0.4, 0.5) is 8.78 Å². The number of alkyl halides is 2. The predicted octanol–water partition coefficient (Wildman–Crippen LogP) is 1.43. The molecule has 1 saturated heterocycles. The van der Waals surface area contributed by atoms with Crippen molar-refractivity contribution < 1.29 is 18.4 Å². The lowest BCUT2D eigenvalue weighted by Gasteiger charge is -2.23. The van der Waals surface area contributed by atoms with Crippen molar-refractivity contribution in [2.24, 2.45) is 0 Å². The molecule has 1 aliphatic rings. The van der Waals surface area contributed by atoms with E-state index in [2.05, 4.69) is 15.6 Å². The van der Waals surface area contributed by atoms with E-state index in [1.54, 1.807) is 0 Å². The molecule has 1 atom stereocenters. The number of amides is 2. The number of aryl methyl sites for hydroxylation is 1. The van der Waals surface area contributed by atoms with Gasteiger partial charge in [-0.1, -0.05) is 35.0 Å². The molecule has 7 nitrogen and oxygen atoms in total. The second-order valence-corrected chi connectivity index (χ2v) is 6.80. The van der Waals surface area contributed by atoms with E-state index in [9.17, 15) is 18.4 Å². The first-order valence-electron chi connectivity index (χ1n) is 8.62. The minimum absolute atomic E-state index is 0.0548. The summed E-state index contributed by atoms with van der Waals surface area (Å²) in [4.78, 5) is 25.4. The summed E-state index contributed by atoms with van der Waals surface area (Å²) in [7, 11) is 1.46. The van der Waals surface area contributed by atoms with E-state index in [4.69, 9.17) is 0 Å². The van der Waals surface area contributed by atoms with Crippen molar-refractivity contribution in [3.05, 3.63) is 47.3 Å². The second-order valence-electron chi connectivity index (χ2n) is 6.80. The van der Waals surface area contributed by atoms with Crippen LogP contribution in [0.15, 0.2) is 30.5 Å². The standard InChI is InChI=1S/C18H21F2N5O2/c1-12-3-5-13(6-4-12)7-16(26)25-11-18(19,20)8-14(25)9-24-10-15(22-23-24)17(27)21-2/h3-6,10,14H,7-9,11H2,1-2H3,(H,21,27). The van der Waals surface area contributed by atoms with E-state index in [1.807, 2.05) is 31.2 Å². The number of aromatic nitrogens is 3. The minimum Gasteiger partial charge on any atom is -0.354 e. The fraction of sp³-hybridized carbons (Fsp3) is 0.444. The van der Waals surface area contributed by atoms with E-state index >= 15 is 0 Å². The summed E-state index contributed by atoms with van der Waals surface area (Å²) in [6.07, 6.45) is 1.01. The molecule has 1 fully saturated rings. The summed E-state index contributed by atoms with van der Waals surface area (Å²) < 4.78 is 29.3. The largest absolute Gasteiger partial charge is 0.354 e. The normalized spacial score (nSPS) is 18.5. The second kappa shape index (κ2) is 7.42. The van der Waals surface area contributed by atoms with Crippen molar-refractivity contribution in [2.45, 2.75) is 38.3 Å². The molecule has 1 aromatic heterocycles. The van der Waals surface area contributed by atoms with Gasteiger partial charge in [0, 0.05) is 13.5 Å². The lowest BCUT2D eigenvalue weighted by atomic mass is 10.1. The first-order valence-corrected chi connectivity index (χ1v) is 8.62. The predicted molar refractivity (Wildman–Crippen MR) is 93.4 cm³/mol. The van der Waals surface area contributed by atoms with Crippen LogP contribution in [0.3, 0.4) is 0 Å². The van der Waals surface area contributed by atoms with Gasteiger partial charge in [-0.05, 0) is 12.5 Å². The molecule has 27 heavy (non-hydrogen) atoms. The van der Waals surface area contributed by atoms with E-state index in [0.717, 1.165) is 11.1 Å². The third-order valence-electron chi connectivity index (χ3n) is 4.57. The van der Waals surface area contributed by atoms with Gasteiger partial charge >= 0.3 is 0 Å². The van der Waals surface area contributed by atoms with Crippen LogP contribution < -0.4 is 5.32 Å². The molecule has 9 heteroatoms. The number of likely N-dealkylation sites (tertiary alicyclic amines) is 1. The third-order valence-corrected chi connectivity index (χ3v) is 4.57. The molecule has 2 amide bonds. The number of benzene rings is 1. The SMILES string of the molecule is CNC(=O)c1cn(CC2CC(F)(F)CN2C(=O)Cc2ccc(C)cc2)nn1. The topological polar surface area (TPSA) is 80.1 Å². The van der Waals surface area contributed by atoms with Gasteiger partial charge in [0.25, 0.3) is 11.8 Å². The van der Waals surface area contributed by atoms with Gasteiger partial charge in [0.05, 0.1) is 31.7 Å². The first-order chi connectivity index (χ1) is 12.8. The molecule has 0 radical (unpaired) electrons. The lowest BCUT2D eigenvalue weighted by molar-refractivity contribution is -0.132. The van der Waals surface area contributed by atoms with Crippen molar-refractivity contribution in [3.63, 3.8) is 0 Å². The number of nitrogens with zero attached hydrogens (tertiary/aromatic N) is 4. The average molecular weight is 377 g/mol. The Kier molecular flexibility index (Phi) is 5.20. The number of hydrogen-bond acceptors (Lipinski definition) is 4. The smallest absolute Gasteiger partial charge is 0.273 e. The summed E-state index contributed by atoms with van der Waals surface area (Å²) in [6.45, 7) is 1.38. The van der Waals surface area contributed by atoms with Crippen LogP contribution >= 0.6 is 0 Å². The molecular formula is C18H21F2N5O2. The number of carbonyl (C=O) groups is 2. The van der Waals surface area contributed by atoms with Gasteiger partial charge in [-0.25, -0.2) is 13.5 Å². The quantitative estimate of drug-likeness (QED) is 0.855. The Hall–Kier alpha value is -2.84. The Labute approximate surface area is 155 Å². The Morgan fingerprint density at radius 1 is 1.30 bits per heavy atom. The molecule has 1 unspecified atom stereocenters. The Morgan fingerprint density at radius 2 is 2.00 bits per heavy atom. The Morgan fingerprint density at radius 3 is 2.67 bits per heavy atom. The molecule has 144 valence electrons. The van der Waals surface area contributed by atoms with E-state index < -0.39 is 30.8 Å². The Bertz CT molecular complexity index is 835. The van der Waals surface area contributed by atoms with Crippen LogP contribution in [-0.2, 0) is 17.8 Å². The molecule has 3 rings (SSSR count). The molecule has 0 aliphatic carbocycles. The highest BCUT2D eigenvalue weighted by Crippen LogP contribution is 2.33. The van der Waals surface area contributed by atoms with Crippen LogP contribution in [0.5, 0.6) is 0 Å². The Balaban J connectivity index is 1.72. The third kappa shape index (κ3) is 4.47. The van der Waals surface area contributed by atoms with Crippen LogP contribution in [0.2, 0.25) is 0 Å². The first kappa shape index (κ1) is 18.9. The number of carbonyl (C=O) groups excluding carboxylic acids is 2. The maximum Gasteiger partial charge on any atom is 0.273 e. The maximum absolute atomic E-state index is 14.0. The zero-order chi connectivity index (χ0) is 19.6. The molecule has 1 N–H and O–H groups in total. The number of rotatable bonds is 5. The van der Waals surface area contributed by atoms with Crippen molar-refractivity contribution in [2.75, 3.05) is 13.6 Å². The van der Waals surface area contributed by atoms with Crippen LogP contribution in [0.1, 0.15) is 28.0 Å². The number of hydrogen-bond donors (Lipinski definition) is 1. The van der Waals surface area contributed by atoms with E-state index in [-0.39, 0.29) is 24.6 Å². The zero-order valence-electron chi connectivity index (χ0n) is 15.2. The van der Waals surface area contributed by atoms with Crippen LogP contribution in [0.25, 0.3) is 0 Å². The van der Waals surface area contributed by atoms with E-state index in [0.29, 0.717) is 0 Å². The summed E-state index contributed by atoms with van der Waals surface area (Å²) in [5.74, 6) is -3.71. The molecule has 0 bridgehead atoms. The highest BCUT2D eigenvalue weighted by atomic mass is 19.3. The van der Waals surface area contributed by atoms with Crippen molar-refractivity contribution in [1.29, 1.82) is 0 Å². The highest BCUT2D eigenvalue weighted by molar-refractivity contribution is 5.91. The molecule has 0 saturated carbocycles. The zero-order valence-corrected chi connectivity index (χ0v) is 15.2. The monoisotopic (exact) mass is 377 g/mol. The van der Waals surface area contributed by atoms with Gasteiger partial charge < -0.3 is 10.2 Å². The summed E-state index contributed by atoms with van der Waals surface area (Å²) in [5, 5.41) is 9.95. The summed E-state index contributed by atoms with van der Waals surface area (Å²) in [5.41, 5.74) is 1.94. The minimum atomic E-state index is -2.95. The van der Waals surface area contributed by atoms with E-state index in [1.165, 1.54) is 22.8 Å². The number of halogens is 2. The fourth-order valence-electron chi connectivity index (χ4n) is 3.17. The molecule has 1 aromatic carbocycles. The van der Waals surface area contributed by atoms with Crippen molar-refractivity contribution in [3.8, 4) is 0 Å². The van der Waals surface area contributed by atoms with Crippen molar-refractivity contribution in [1.82, 2.24) is 25.2 Å². The van der Waals surface area contributed by atoms with Gasteiger partial charge in [-0.15, -0.1) is 5.10 Å². The number of nitrogens with one attached hydrogen (secondary N) is 1. The van der Waals surface area contributed by atoms with Gasteiger partial charge in [-0.2, -0.15) is 0 Å². The molecule has 0 spiro atoms. The molecule has 2 heterocycles. The van der Waals surface area contributed by atoms with Crippen molar-refractivity contribution >= 4 is 11.8 Å². The van der Waals surface area contributed by atoms with Gasteiger partial charge in [0.2, 0.25) is 5.91 Å². The van der Waals surface area contributed by atoms with Gasteiger partial charge in [0.15, 0.2) is 5.69 Å². The molecular weight excluding hydrogens is 356 g/mol. The molecule has 2 aromatic rings. The average Bonchev–Trinajstić information content (AvgIpc) is 3.20. The maximum atomic E-state index is 14.0. The fourth-order valence-corrected chi connectivity index (χ4v) is 3.17. The van der Waals surface area contributed by atoms with Gasteiger partial charge in [-0.3, -0.25) is 9.59 Å². The molecule has 1 aliphatic heterocycles. The summed E-state index contributed by atoms with van der Waals surface area (Å²) in [6, 6.07) is 6.70. The summed E-state index contributed by atoms with van der Waals surface area (Å²) >= 11 is 0. The van der Waals surface area contributed by atoms with Crippen LogP contribution in [-0.4, -0.2) is 57.3 Å². The highest BCUT2D eigenvalue weighted by Gasteiger charge is 2.47. The lowest BCUT2D eigenvalue weighted by Crippen LogP contribution is -2.39.